The zero-order chi connectivity index (χ0) is 21.0. The third-order valence-corrected chi connectivity index (χ3v) is 8.91. The third kappa shape index (κ3) is 5.91. The first kappa shape index (κ1) is 22.5. The Morgan fingerprint density at radius 3 is 2.76 bits per heavy atom. The number of hydrogen-bond donors (Lipinski definition) is 1. The van der Waals surface area contributed by atoms with E-state index in [2.05, 4.69) is 29.4 Å². The summed E-state index contributed by atoms with van der Waals surface area (Å²) in [4.78, 5) is 12.9. The average molecular weight is 475 g/mol. The van der Waals surface area contributed by atoms with Gasteiger partial charge in [-0.05, 0) is 43.0 Å². The summed E-state index contributed by atoms with van der Waals surface area (Å²) in [6.45, 7) is 4.79. The number of carbonyl (C=O) groups excluding carboxylic acids is 1. The molecule has 0 aliphatic carbocycles. The van der Waals surface area contributed by atoms with Gasteiger partial charge in [0.15, 0.2) is 4.34 Å². The molecule has 1 aliphatic heterocycles. The van der Waals surface area contributed by atoms with E-state index in [9.17, 15) is 13.2 Å². The van der Waals surface area contributed by atoms with Crippen molar-refractivity contribution in [1.29, 1.82) is 0 Å². The molecule has 1 aromatic heterocycles. The Balaban J connectivity index is 1.63. The van der Waals surface area contributed by atoms with E-state index in [-0.39, 0.29) is 17.3 Å². The summed E-state index contributed by atoms with van der Waals surface area (Å²) in [5.74, 6) is 0.819. The van der Waals surface area contributed by atoms with Gasteiger partial charge >= 0.3 is 0 Å². The summed E-state index contributed by atoms with van der Waals surface area (Å²) in [7, 11) is -3.66. The lowest BCUT2D eigenvalue weighted by atomic mass is 9.99. The van der Waals surface area contributed by atoms with Gasteiger partial charge in [-0.25, -0.2) is 8.42 Å². The lowest BCUT2D eigenvalue weighted by Crippen LogP contribution is -2.43. The van der Waals surface area contributed by atoms with E-state index in [0.29, 0.717) is 35.5 Å². The third-order valence-electron chi connectivity index (χ3n) is 4.38. The molecule has 1 atom stereocenters. The van der Waals surface area contributed by atoms with Crippen LogP contribution in [0.15, 0.2) is 33.5 Å². The number of aromatic nitrogens is 2. The number of amides is 1. The molecule has 29 heavy (non-hydrogen) atoms. The van der Waals surface area contributed by atoms with Gasteiger partial charge in [-0.1, -0.05) is 48.5 Å². The SMILES string of the molecule is CC(C)CSc1nnc(NC(=O)[C@H]2CCCN(S(=O)(=O)c3ccc(Cl)cc3)C2)s1. The van der Waals surface area contributed by atoms with Crippen LogP contribution in [-0.2, 0) is 14.8 Å². The van der Waals surface area contributed by atoms with Crippen LogP contribution in [0.25, 0.3) is 0 Å². The smallest absolute Gasteiger partial charge is 0.243 e. The van der Waals surface area contributed by atoms with Gasteiger partial charge in [0, 0.05) is 23.9 Å². The number of thioether (sulfide) groups is 1. The Kier molecular flexibility index (Phi) is 7.55. The van der Waals surface area contributed by atoms with E-state index in [1.807, 2.05) is 0 Å². The van der Waals surface area contributed by atoms with Crippen LogP contribution in [0.1, 0.15) is 26.7 Å². The molecule has 1 N–H and O–H groups in total. The number of rotatable bonds is 7. The van der Waals surface area contributed by atoms with Gasteiger partial charge in [0.25, 0.3) is 0 Å². The van der Waals surface area contributed by atoms with Crippen molar-refractivity contribution in [3.8, 4) is 0 Å². The molecular weight excluding hydrogens is 452 g/mol. The minimum atomic E-state index is -3.66. The summed E-state index contributed by atoms with van der Waals surface area (Å²) < 4.78 is 27.9. The highest BCUT2D eigenvalue weighted by molar-refractivity contribution is 8.01. The van der Waals surface area contributed by atoms with Gasteiger partial charge < -0.3 is 5.32 Å². The average Bonchev–Trinajstić information content (AvgIpc) is 3.14. The fourth-order valence-electron chi connectivity index (χ4n) is 2.89. The summed E-state index contributed by atoms with van der Waals surface area (Å²) in [5, 5.41) is 11.8. The normalized spacial score (nSPS) is 18.1. The van der Waals surface area contributed by atoms with Crippen molar-refractivity contribution in [2.45, 2.75) is 35.9 Å². The van der Waals surface area contributed by atoms with Gasteiger partial charge in [-0.3, -0.25) is 4.79 Å². The zero-order valence-corrected chi connectivity index (χ0v) is 19.4. The standard InChI is InChI=1S/C18H23ClN4O3S3/c1-12(2)11-27-18-22-21-17(28-18)20-16(24)13-4-3-9-23(10-13)29(25,26)15-7-5-14(19)6-8-15/h5-8,12-13H,3-4,9-11H2,1-2H3,(H,20,21,24)/t13-/m0/s1. The quantitative estimate of drug-likeness (QED) is 0.482. The Morgan fingerprint density at radius 1 is 1.34 bits per heavy atom. The number of piperidine rings is 1. The molecule has 3 rings (SSSR count). The van der Waals surface area contributed by atoms with E-state index in [1.54, 1.807) is 23.9 Å². The molecule has 1 aliphatic rings. The van der Waals surface area contributed by atoms with E-state index in [4.69, 9.17) is 11.6 Å². The number of carbonyl (C=O) groups is 1. The summed E-state index contributed by atoms with van der Waals surface area (Å²) in [6, 6.07) is 6.07. The second-order valence-electron chi connectivity index (χ2n) is 7.22. The highest BCUT2D eigenvalue weighted by atomic mass is 35.5. The van der Waals surface area contributed by atoms with Crippen molar-refractivity contribution >= 4 is 55.8 Å². The van der Waals surface area contributed by atoms with Crippen LogP contribution >= 0.6 is 34.7 Å². The molecule has 1 saturated heterocycles. The first-order chi connectivity index (χ1) is 13.8. The molecule has 158 valence electrons. The second kappa shape index (κ2) is 9.74. The number of sulfonamides is 1. The lowest BCUT2D eigenvalue weighted by Gasteiger charge is -2.31. The Morgan fingerprint density at radius 2 is 2.07 bits per heavy atom. The summed E-state index contributed by atoms with van der Waals surface area (Å²) in [5.41, 5.74) is 0. The Hall–Kier alpha value is -1.20. The fourth-order valence-corrected chi connectivity index (χ4v) is 6.28. The van der Waals surface area contributed by atoms with Crippen LogP contribution < -0.4 is 5.32 Å². The fraction of sp³-hybridized carbons (Fsp3) is 0.500. The molecule has 0 saturated carbocycles. The minimum absolute atomic E-state index is 0.143. The van der Waals surface area contributed by atoms with Gasteiger partial charge in [-0.15, -0.1) is 10.2 Å². The molecule has 1 amide bonds. The molecule has 0 bridgehead atoms. The van der Waals surface area contributed by atoms with Crippen molar-refractivity contribution in [3.63, 3.8) is 0 Å². The van der Waals surface area contributed by atoms with Crippen LogP contribution in [0.3, 0.4) is 0 Å². The van der Waals surface area contributed by atoms with E-state index >= 15 is 0 Å². The molecule has 2 aromatic rings. The van der Waals surface area contributed by atoms with Crippen molar-refractivity contribution < 1.29 is 13.2 Å². The molecule has 1 fully saturated rings. The van der Waals surface area contributed by atoms with Crippen LogP contribution in [0.4, 0.5) is 5.13 Å². The molecule has 0 radical (unpaired) electrons. The lowest BCUT2D eigenvalue weighted by molar-refractivity contribution is -0.120. The summed E-state index contributed by atoms with van der Waals surface area (Å²) >= 11 is 8.80. The minimum Gasteiger partial charge on any atom is -0.300 e. The highest BCUT2D eigenvalue weighted by Gasteiger charge is 2.33. The molecule has 7 nitrogen and oxygen atoms in total. The molecule has 1 aromatic carbocycles. The Labute approximate surface area is 184 Å². The topological polar surface area (TPSA) is 92.3 Å². The molecule has 11 heteroatoms. The largest absolute Gasteiger partial charge is 0.300 e. The van der Waals surface area contributed by atoms with E-state index < -0.39 is 15.9 Å². The van der Waals surface area contributed by atoms with Crippen LogP contribution in [0.2, 0.25) is 5.02 Å². The van der Waals surface area contributed by atoms with E-state index in [0.717, 1.165) is 10.1 Å². The van der Waals surface area contributed by atoms with Gasteiger partial charge in [0.2, 0.25) is 21.1 Å². The Bertz CT molecular complexity index is 948. The predicted octanol–water partition coefficient (Wildman–Crippen LogP) is 3.98. The molecular formula is C18H23ClN4O3S3. The predicted molar refractivity (Wildman–Crippen MR) is 117 cm³/mol. The van der Waals surface area contributed by atoms with Gasteiger partial charge in [0.05, 0.1) is 10.8 Å². The number of hydrogen-bond acceptors (Lipinski definition) is 7. The maximum atomic E-state index is 12.9. The van der Waals surface area contributed by atoms with Crippen molar-refractivity contribution in [1.82, 2.24) is 14.5 Å². The van der Waals surface area contributed by atoms with Crippen molar-refractivity contribution in [2.75, 3.05) is 24.2 Å². The summed E-state index contributed by atoms with van der Waals surface area (Å²) in [6.07, 6.45) is 1.25. The number of anilines is 1. The van der Waals surface area contributed by atoms with Crippen LogP contribution in [0, 0.1) is 11.8 Å². The number of benzene rings is 1. The van der Waals surface area contributed by atoms with E-state index in [1.165, 1.54) is 27.8 Å². The van der Waals surface area contributed by atoms with Crippen molar-refractivity contribution in [2.24, 2.45) is 11.8 Å². The number of nitrogens with zero attached hydrogens (tertiary/aromatic N) is 3. The second-order valence-corrected chi connectivity index (χ2v) is 11.8. The molecule has 2 heterocycles. The monoisotopic (exact) mass is 474 g/mol. The maximum Gasteiger partial charge on any atom is 0.243 e. The molecule has 0 spiro atoms. The first-order valence-corrected chi connectivity index (χ1v) is 12.9. The maximum absolute atomic E-state index is 12.9. The van der Waals surface area contributed by atoms with Crippen LogP contribution in [0.5, 0.6) is 0 Å². The van der Waals surface area contributed by atoms with Crippen molar-refractivity contribution in [3.05, 3.63) is 29.3 Å². The van der Waals surface area contributed by atoms with Crippen LogP contribution in [-0.4, -0.2) is 47.7 Å². The highest BCUT2D eigenvalue weighted by Crippen LogP contribution is 2.29. The number of halogens is 1. The molecule has 0 unspecified atom stereocenters. The first-order valence-electron chi connectivity index (χ1n) is 9.28. The van der Waals surface area contributed by atoms with Gasteiger partial charge in [0.1, 0.15) is 0 Å². The zero-order valence-electron chi connectivity index (χ0n) is 16.2. The van der Waals surface area contributed by atoms with Gasteiger partial charge in [-0.2, -0.15) is 4.31 Å². The number of nitrogens with one attached hydrogen (secondary N) is 1.